The molecule has 0 amide bonds. The summed E-state index contributed by atoms with van der Waals surface area (Å²) in [6.07, 6.45) is 4.11. The van der Waals surface area contributed by atoms with Crippen molar-refractivity contribution in [2.75, 3.05) is 6.54 Å². The van der Waals surface area contributed by atoms with E-state index in [-0.39, 0.29) is 16.9 Å². The molecule has 1 aromatic carbocycles. The van der Waals surface area contributed by atoms with E-state index in [2.05, 4.69) is 27.6 Å². The summed E-state index contributed by atoms with van der Waals surface area (Å²) < 4.78 is 53.5. The van der Waals surface area contributed by atoms with Crippen molar-refractivity contribution >= 4 is 26.0 Å². The maximum atomic E-state index is 13.7. The van der Waals surface area contributed by atoms with Crippen LogP contribution in [0, 0.1) is 23.5 Å². The van der Waals surface area contributed by atoms with Crippen LogP contribution in [0.4, 0.5) is 8.78 Å². The molecule has 1 N–H and O–H groups in total. The van der Waals surface area contributed by atoms with Gasteiger partial charge in [0.25, 0.3) is 0 Å². The Hall–Kier alpha value is -0.530. The first kappa shape index (κ1) is 16.8. The van der Waals surface area contributed by atoms with E-state index in [1.165, 1.54) is 0 Å². The quantitative estimate of drug-likeness (QED) is 0.861. The number of hydrogen-bond donors (Lipinski definition) is 1. The summed E-state index contributed by atoms with van der Waals surface area (Å²) in [5.74, 6) is -0.953. The number of sulfonamides is 1. The molecule has 1 aliphatic rings. The van der Waals surface area contributed by atoms with E-state index in [9.17, 15) is 17.2 Å². The number of benzene rings is 1. The molecule has 2 rings (SSSR count). The van der Waals surface area contributed by atoms with Crippen LogP contribution in [0.2, 0.25) is 0 Å². The van der Waals surface area contributed by atoms with E-state index in [1.54, 1.807) is 0 Å². The largest absolute Gasteiger partial charge is 0.244 e. The van der Waals surface area contributed by atoms with Gasteiger partial charge in [0.1, 0.15) is 16.5 Å². The van der Waals surface area contributed by atoms with Crippen LogP contribution in [0.3, 0.4) is 0 Å². The van der Waals surface area contributed by atoms with Crippen molar-refractivity contribution in [1.29, 1.82) is 0 Å². The molecule has 0 radical (unpaired) electrons. The molecular formula is C14H18BrF2NO2S. The van der Waals surface area contributed by atoms with Crippen LogP contribution in [0.15, 0.2) is 21.5 Å². The van der Waals surface area contributed by atoms with Crippen LogP contribution in [0.1, 0.15) is 32.6 Å². The van der Waals surface area contributed by atoms with Crippen LogP contribution >= 0.6 is 15.9 Å². The summed E-state index contributed by atoms with van der Waals surface area (Å²) in [6, 6.07) is 1.52. The summed E-state index contributed by atoms with van der Waals surface area (Å²) in [5, 5.41) is 0. The molecule has 3 nitrogen and oxygen atoms in total. The van der Waals surface area contributed by atoms with E-state index in [0.29, 0.717) is 12.0 Å². The van der Waals surface area contributed by atoms with Gasteiger partial charge in [-0.25, -0.2) is 21.9 Å². The number of halogens is 3. The van der Waals surface area contributed by atoms with Crippen molar-refractivity contribution in [1.82, 2.24) is 4.72 Å². The van der Waals surface area contributed by atoms with Crippen molar-refractivity contribution in [3.05, 3.63) is 28.2 Å². The van der Waals surface area contributed by atoms with Crippen molar-refractivity contribution < 1.29 is 17.2 Å². The molecule has 0 atom stereocenters. The van der Waals surface area contributed by atoms with Crippen LogP contribution in [0.5, 0.6) is 0 Å². The van der Waals surface area contributed by atoms with Crippen molar-refractivity contribution in [3.8, 4) is 0 Å². The Labute approximate surface area is 132 Å². The monoisotopic (exact) mass is 381 g/mol. The Kier molecular flexibility index (Phi) is 5.38. The lowest BCUT2D eigenvalue weighted by Crippen LogP contribution is -2.32. The zero-order valence-corrected chi connectivity index (χ0v) is 14.1. The minimum absolute atomic E-state index is 0.107. The fourth-order valence-electron chi connectivity index (χ4n) is 2.62. The van der Waals surface area contributed by atoms with Crippen molar-refractivity contribution in [2.45, 2.75) is 37.5 Å². The summed E-state index contributed by atoms with van der Waals surface area (Å²) >= 11 is 2.91. The van der Waals surface area contributed by atoms with E-state index in [0.717, 1.165) is 31.7 Å². The van der Waals surface area contributed by atoms with Gasteiger partial charge >= 0.3 is 0 Å². The summed E-state index contributed by atoms with van der Waals surface area (Å²) in [7, 11) is -3.99. The van der Waals surface area contributed by atoms with Gasteiger partial charge in [0, 0.05) is 17.1 Å². The van der Waals surface area contributed by atoms with Gasteiger partial charge in [0.2, 0.25) is 10.0 Å². The molecule has 118 valence electrons. The Morgan fingerprint density at radius 3 is 2.43 bits per heavy atom. The summed E-state index contributed by atoms with van der Waals surface area (Å²) in [6.45, 7) is 2.48. The summed E-state index contributed by atoms with van der Waals surface area (Å²) in [4.78, 5) is -0.534. The molecule has 7 heteroatoms. The SMILES string of the molecule is CC1CCC(CNS(=O)(=O)c2c(F)cc(F)cc2Br)CC1. The second kappa shape index (κ2) is 6.71. The lowest BCUT2D eigenvalue weighted by Gasteiger charge is -2.26. The molecule has 0 spiro atoms. The highest BCUT2D eigenvalue weighted by Crippen LogP contribution is 2.29. The Morgan fingerprint density at radius 1 is 1.24 bits per heavy atom. The number of rotatable bonds is 4. The molecule has 1 saturated carbocycles. The fourth-order valence-corrected chi connectivity index (χ4v) is 4.90. The molecule has 0 saturated heterocycles. The second-order valence-electron chi connectivity index (χ2n) is 5.68. The maximum absolute atomic E-state index is 13.7. The van der Waals surface area contributed by atoms with Crippen LogP contribution in [-0.2, 0) is 10.0 Å². The second-order valence-corrected chi connectivity index (χ2v) is 8.23. The maximum Gasteiger partial charge on any atom is 0.244 e. The van der Waals surface area contributed by atoms with Gasteiger partial charge in [-0.1, -0.05) is 19.8 Å². The van der Waals surface area contributed by atoms with E-state index in [1.807, 2.05) is 0 Å². The van der Waals surface area contributed by atoms with Crippen LogP contribution in [0.25, 0.3) is 0 Å². The van der Waals surface area contributed by atoms with E-state index in [4.69, 9.17) is 0 Å². The molecule has 0 unspecified atom stereocenters. The van der Waals surface area contributed by atoms with Gasteiger partial charge < -0.3 is 0 Å². The number of hydrogen-bond acceptors (Lipinski definition) is 2. The first-order valence-corrected chi connectivity index (χ1v) is 9.21. The molecule has 21 heavy (non-hydrogen) atoms. The normalized spacial score (nSPS) is 23.2. The Balaban J connectivity index is 2.09. The van der Waals surface area contributed by atoms with Crippen molar-refractivity contribution in [2.24, 2.45) is 11.8 Å². The zero-order chi connectivity index (χ0) is 15.6. The van der Waals surface area contributed by atoms with Gasteiger partial charge in [-0.2, -0.15) is 0 Å². The third kappa shape index (κ3) is 4.23. The smallest absolute Gasteiger partial charge is 0.211 e. The van der Waals surface area contributed by atoms with Gasteiger partial charge in [-0.3, -0.25) is 0 Å². The third-order valence-electron chi connectivity index (χ3n) is 3.93. The van der Waals surface area contributed by atoms with Crippen LogP contribution < -0.4 is 4.72 Å². The standard InChI is InChI=1S/C14H18BrF2NO2S/c1-9-2-4-10(5-3-9)8-18-21(19,20)14-12(15)6-11(16)7-13(14)17/h6-7,9-10,18H,2-5,8H2,1H3. The van der Waals surface area contributed by atoms with Crippen LogP contribution in [-0.4, -0.2) is 15.0 Å². The van der Waals surface area contributed by atoms with Gasteiger partial charge in [-0.05, 0) is 46.7 Å². The Morgan fingerprint density at radius 2 is 1.86 bits per heavy atom. The molecule has 0 heterocycles. The highest BCUT2D eigenvalue weighted by Gasteiger charge is 2.25. The van der Waals surface area contributed by atoms with Gasteiger partial charge in [0.05, 0.1) is 0 Å². The third-order valence-corrected chi connectivity index (χ3v) is 6.32. The highest BCUT2D eigenvalue weighted by molar-refractivity contribution is 9.10. The molecule has 1 aliphatic carbocycles. The topological polar surface area (TPSA) is 46.2 Å². The van der Waals surface area contributed by atoms with E-state index < -0.39 is 26.6 Å². The summed E-state index contributed by atoms with van der Waals surface area (Å²) in [5.41, 5.74) is 0. The zero-order valence-electron chi connectivity index (χ0n) is 11.7. The molecule has 0 aliphatic heterocycles. The highest BCUT2D eigenvalue weighted by atomic mass is 79.9. The molecule has 0 aromatic heterocycles. The lowest BCUT2D eigenvalue weighted by atomic mass is 9.83. The van der Waals surface area contributed by atoms with Gasteiger partial charge in [-0.15, -0.1) is 0 Å². The number of nitrogens with one attached hydrogen (secondary N) is 1. The van der Waals surface area contributed by atoms with E-state index >= 15 is 0 Å². The molecule has 0 bridgehead atoms. The molecule has 1 aromatic rings. The van der Waals surface area contributed by atoms with Crippen molar-refractivity contribution in [3.63, 3.8) is 0 Å². The first-order valence-electron chi connectivity index (χ1n) is 6.94. The molecular weight excluding hydrogens is 364 g/mol. The predicted molar refractivity (Wildman–Crippen MR) is 80.4 cm³/mol. The minimum Gasteiger partial charge on any atom is -0.211 e. The Bertz CT molecular complexity index is 590. The first-order chi connectivity index (χ1) is 9.79. The molecule has 1 fully saturated rings. The lowest BCUT2D eigenvalue weighted by molar-refractivity contribution is 0.290. The fraction of sp³-hybridized carbons (Fsp3) is 0.571. The minimum atomic E-state index is -3.99. The predicted octanol–water partition coefficient (Wildman–Crippen LogP) is 3.83. The average Bonchev–Trinajstić information content (AvgIpc) is 2.36. The van der Waals surface area contributed by atoms with Gasteiger partial charge in [0.15, 0.2) is 0 Å². The average molecular weight is 382 g/mol.